The van der Waals surface area contributed by atoms with E-state index in [1.165, 1.54) is 0 Å². The summed E-state index contributed by atoms with van der Waals surface area (Å²) >= 11 is 0. The minimum Gasteiger partial charge on any atom is -0.494 e. The molecule has 1 saturated heterocycles. The van der Waals surface area contributed by atoms with Gasteiger partial charge in [0.25, 0.3) is 0 Å². The number of unbranched alkanes of at least 4 members (excludes halogenated alkanes) is 1. The normalized spacial score (nSPS) is 15.5. The Morgan fingerprint density at radius 3 is 2.48 bits per heavy atom. The van der Waals surface area contributed by atoms with E-state index in [0.717, 1.165) is 35.0 Å². The van der Waals surface area contributed by atoms with E-state index in [-0.39, 0.29) is 24.9 Å². The molecule has 31 heavy (non-hydrogen) atoms. The van der Waals surface area contributed by atoms with Gasteiger partial charge in [-0.2, -0.15) is 4.31 Å². The van der Waals surface area contributed by atoms with E-state index >= 15 is 0 Å². The molecule has 1 fully saturated rings. The van der Waals surface area contributed by atoms with E-state index in [4.69, 9.17) is 4.74 Å². The SMILES string of the molecule is O=C(NCCCCOc1ccccc1)C1CCN(S(=O)(=O)c2cc(F)ccc2F)CC1. The van der Waals surface area contributed by atoms with Crippen molar-refractivity contribution in [3.63, 3.8) is 0 Å². The summed E-state index contributed by atoms with van der Waals surface area (Å²) in [6, 6.07) is 11.9. The molecule has 0 aliphatic carbocycles. The van der Waals surface area contributed by atoms with Crippen molar-refractivity contribution in [3.05, 3.63) is 60.2 Å². The van der Waals surface area contributed by atoms with E-state index in [0.29, 0.717) is 32.1 Å². The zero-order valence-electron chi connectivity index (χ0n) is 17.1. The summed E-state index contributed by atoms with van der Waals surface area (Å²) in [5, 5.41) is 2.88. The lowest BCUT2D eigenvalue weighted by Crippen LogP contribution is -2.43. The monoisotopic (exact) mass is 452 g/mol. The lowest BCUT2D eigenvalue weighted by Gasteiger charge is -2.30. The molecule has 0 bridgehead atoms. The molecule has 168 valence electrons. The Hall–Kier alpha value is -2.52. The highest BCUT2D eigenvalue weighted by atomic mass is 32.2. The van der Waals surface area contributed by atoms with E-state index in [9.17, 15) is 22.0 Å². The van der Waals surface area contributed by atoms with Gasteiger partial charge in [0.15, 0.2) is 0 Å². The Kier molecular flexibility index (Phi) is 7.97. The van der Waals surface area contributed by atoms with Crippen LogP contribution in [0.5, 0.6) is 5.75 Å². The van der Waals surface area contributed by atoms with Gasteiger partial charge < -0.3 is 10.1 Å². The van der Waals surface area contributed by atoms with Crippen LogP contribution in [0.15, 0.2) is 53.4 Å². The largest absolute Gasteiger partial charge is 0.494 e. The maximum absolute atomic E-state index is 13.9. The van der Waals surface area contributed by atoms with Crippen LogP contribution in [0.25, 0.3) is 0 Å². The molecule has 0 spiro atoms. The summed E-state index contributed by atoms with van der Waals surface area (Å²) in [4.78, 5) is 11.7. The van der Waals surface area contributed by atoms with Gasteiger partial charge in [0, 0.05) is 25.6 Å². The van der Waals surface area contributed by atoms with Gasteiger partial charge in [-0.15, -0.1) is 0 Å². The van der Waals surface area contributed by atoms with Gasteiger partial charge in [-0.05, 0) is 56.0 Å². The van der Waals surface area contributed by atoms with Crippen molar-refractivity contribution in [2.24, 2.45) is 5.92 Å². The number of nitrogens with zero attached hydrogens (tertiary/aromatic N) is 1. The summed E-state index contributed by atoms with van der Waals surface area (Å²) in [5.74, 6) is -1.41. The number of hydrogen-bond donors (Lipinski definition) is 1. The number of rotatable bonds is 9. The minimum atomic E-state index is -4.14. The Labute approximate surface area is 181 Å². The molecule has 6 nitrogen and oxygen atoms in total. The lowest BCUT2D eigenvalue weighted by atomic mass is 9.97. The van der Waals surface area contributed by atoms with Crippen molar-refractivity contribution in [1.29, 1.82) is 0 Å². The average Bonchev–Trinajstić information content (AvgIpc) is 2.78. The highest BCUT2D eigenvalue weighted by Gasteiger charge is 2.33. The number of benzene rings is 2. The molecule has 3 rings (SSSR count). The lowest BCUT2D eigenvalue weighted by molar-refractivity contribution is -0.126. The molecule has 0 aromatic heterocycles. The summed E-state index contributed by atoms with van der Waals surface area (Å²) < 4.78 is 59.2. The maximum Gasteiger partial charge on any atom is 0.246 e. The van der Waals surface area contributed by atoms with Crippen LogP contribution in [0, 0.1) is 17.6 Å². The number of piperidine rings is 1. The number of para-hydroxylation sites is 1. The van der Waals surface area contributed by atoms with Gasteiger partial charge in [-0.3, -0.25) is 4.79 Å². The number of nitrogens with one attached hydrogen (secondary N) is 1. The van der Waals surface area contributed by atoms with Crippen molar-refractivity contribution < 1.29 is 26.7 Å². The van der Waals surface area contributed by atoms with Crippen LogP contribution in [-0.4, -0.2) is 44.9 Å². The number of carbonyl (C=O) groups excluding carboxylic acids is 1. The van der Waals surface area contributed by atoms with Crippen molar-refractivity contribution in [2.75, 3.05) is 26.2 Å². The molecule has 0 saturated carbocycles. The highest BCUT2D eigenvalue weighted by Crippen LogP contribution is 2.26. The number of halogens is 2. The topological polar surface area (TPSA) is 75.7 Å². The number of hydrogen-bond acceptors (Lipinski definition) is 4. The molecule has 2 aromatic rings. The Balaban J connectivity index is 1.39. The Bertz CT molecular complexity index is 978. The third-order valence-electron chi connectivity index (χ3n) is 5.22. The average molecular weight is 453 g/mol. The van der Waals surface area contributed by atoms with Crippen molar-refractivity contribution in [2.45, 2.75) is 30.6 Å². The summed E-state index contributed by atoms with van der Waals surface area (Å²) in [6.07, 6.45) is 2.23. The second-order valence-electron chi connectivity index (χ2n) is 7.41. The molecule has 1 heterocycles. The fraction of sp³-hybridized carbons (Fsp3) is 0.409. The van der Waals surface area contributed by atoms with Gasteiger partial charge in [0.2, 0.25) is 15.9 Å². The fourth-order valence-electron chi connectivity index (χ4n) is 3.46. The van der Waals surface area contributed by atoms with Crippen molar-refractivity contribution in [1.82, 2.24) is 9.62 Å². The van der Waals surface area contributed by atoms with Crippen LogP contribution in [-0.2, 0) is 14.8 Å². The Morgan fingerprint density at radius 2 is 1.77 bits per heavy atom. The zero-order valence-corrected chi connectivity index (χ0v) is 17.9. The quantitative estimate of drug-likeness (QED) is 0.592. The number of ether oxygens (including phenoxy) is 1. The second-order valence-corrected chi connectivity index (χ2v) is 9.32. The Morgan fingerprint density at radius 1 is 1.06 bits per heavy atom. The molecule has 1 N–H and O–H groups in total. The minimum absolute atomic E-state index is 0.0846. The first-order valence-corrected chi connectivity index (χ1v) is 11.7. The van der Waals surface area contributed by atoms with Crippen molar-refractivity contribution >= 4 is 15.9 Å². The van der Waals surface area contributed by atoms with Crippen LogP contribution >= 0.6 is 0 Å². The smallest absolute Gasteiger partial charge is 0.246 e. The summed E-state index contributed by atoms with van der Waals surface area (Å²) in [7, 11) is -4.14. The summed E-state index contributed by atoms with van der Waals surface area (Å²) in [6.45, 7) is 1.25. The van der Waals surface area contributed by atoms with Crippen LogP contribution in [0.2, 0.25) is 0 Å². The van der Waals surface area contributed by atoms with Crippen LogP contribution < -0.4 is 10.1 Å². The van der Waals surface area contributed by atoms with Crippen LogP contribution in [0.1, 0.15) is 25.7 Å². The molecule has 9 heteroatoms. The molecule has 1 aliphatic rings. The molecular weight excluding hydrogens is 426 g/mol. The predicted molar refractivity (Wildman–Crippen MR) is 112 cm³/mol. The zero-order chi connectivity index (χ0) is 22.3. The van der Waals surface area contributed by atoms with Gasteiger partial charge in [-0.25, -0.2) is 17.2 Å². The van der Waals surface area contributed by atoms with Gasteiger partial charge in [-0.1, -0.05) is 18.2 Å². The van der Waals surface area contributed by atoms with Gasteiger partial charge in [0.05, 0.1) is 6.61 Å². The first kappa shape index (κ1) is 23.1. The molecule has 0 radical (unpaired) electrons. The van der Waals surface area contributed by atoms with E-state index in [2.05, 4.69) is 5.32 Å². The van der Waals surface area contributed by atoms with E-state index < -0.39 is 26.6 Å². The van der Waals surface area contributed by atoms with Crippen LogP contribution in [0.4, 0.5) is 8.78 Å². The first-order chi connectivity index (χ1) is 14.9. The number of sulfonamides is 1. The van der Waals surface area contributed by atoms with Gasteiger partial charge in [0.1, 0.15) is 22.3 Å². The third-order valence-corrected chi connectivity index (χ3v) is 7.13. The third kappa shape index (κ3) is 6.24. The number of carbonyl (C=O) groups is 1. The van der Waals surface area contributed by atoms with E-state index in [1.54, 1.807) is 0 Å². The highest BCUT2D eigenvalue weighted by molar-refractivity contribution is 7.89. The van der Waals surface area contributed by atoms with E-state index in [1.807, 2.05) is 30.3 Å². The van der Waals surface area contributed by atoms with Crippen molar-refractivity contribution in [3.8, 4) is 5.75 Å². The predicted octanol–water partition coefficient (Wildman–Crippen LogP) is 3.34. The summed E-state index contributed by atoms with van der Waals surface area (Å²) in [5.41, 5.74) is 0. The van der Waals surface area contributed by atoms with Gasteiger partial charge >= 0.3 is 0 Å². The van der Waals surface area contributed by atoms with Crippen LogP contribution in [0.3, 0.4) is 0 Å². The second kappa shape index (κ2) is 10.7. The first-order valence-electron chi connectivity index (χ1n) is 10.3. The molecular formula is C22H26F2N2O4S. The molecule has 2 aromatic carbocycles. The molecule has 1 amide bonds. The molecule has 0 atom stereocenters. The standard InChI is InChI=1S/C22H26F2N2O4S/c23-18-8-9-20(24)21(16-18)31(28,29)26-13-10-17(11-14-26)22(27)25-12-4-5-15-30-19-6-2-1-3-7-19/h1-3,6-9,16-17H,4-5,10-15H2,(H,25,27). The molecule has 0 unspecified atom stereocenters. The maximum atomic E-state index is 13.9. The fourth-order valence-corrected chi connectivity index (χ4v) is 5.01. The number of amides is 1. The molecule has 1 aliphatic heterocycles.